The lowest BCUT2D eigenvalue weighted by molar-refractivity contribution is 0.0941. The Hall–Kier alpha value is -1.30. The first-order valence-corrected chi connectivity index (χ1v) is 9.49. The van der Waals surface area contributed by atoms with Crippen LogP contribution < -0.4 is 5.32 Å². The van der Waals surface area contributed by atoms with Gasteiger partial charge in [0.2, 0.25) is 0 Å². The third-order valence-electron chi connectivity index (χ3n) is 3.86. The van der Waals surface area contributed by atoms with Gasteiger partial charge in [-0.2, -0.15) is 0 Å². The van der Waals surface area contributed by atoms with Crippen LogP contribution in [0.2, 0.25) is 0 Å². The summed E-state index contributed by atoms with van der Waals surface area (Å²) in [6, 6.07) is 14.7. The number of rotatable bonds is 5. The molecule has 1 saturated heterocycles. The molecule has 0 spiro atoms. The number of hydrogen-bond donors (Lipinski definition) is 1. The van der Waals surface area contributed by atoms with Crippen LogP contribution in [0.3, 0.4) is 0 Å². The summed E-state index contributed by atoms with van der Waals surface area (Å²) >= 11 is 3.25. The Morgan fingerprint density at radius 1 is 1.32 bits per heavy atom. The Labute approximate surface area is 139 Å². The van der Waals surface area contributed by atoms with Gasteiger partial charge in [-0.3, -0.25) is 9.69 Å². The van der Waals surface area contributed by atoms with Crippen molar-refractivity contribution in [1.82, 2.24) is 10.2 Å². The Morgan fingerprint density at radius 3 is 2.86 bits per heavy atom. The third kappa shape index (κ3) is 3.91. The summed E-state index contributed by atoms with van der Waals surface area (Å²) in [4.78, 5) is 15.5. The van der Waals surface area contributed by atoms with E-state index < -0.39 is 0 Å². The number of nitrogens with one attached hydrogen (secondary N) is 1. The minimum Gasteiger partial charge on any atom is -0.347 e. The van der Waals surface area contributed by atoms with Gasteiger partial charge in [-0.05, 0) is 30.4 Å². The number of thiophene rings is 1. The van der Waals surface area contributed by atoms with Crippen molar-refractivity contribution >= 4 is 29.0 Å². The van der Waals surface area contributed by atoms with Gasteiger partial charge in [0.15, 0.2) is 0 Å². The van der Waals surface area contributed by atoms with Gasteiger partial charge in [-0.15, -0.1) is 23.1 Å². The van der Waals surface area contributed by atoms with Gasteiger partial charge in [0, 0.05) is 25.7 Å². The first-order valence-electron chi connectivity index (χ1n) is 7.45. The van der Waals surface area contributed by atoms with Crippen LogP contribution in [0.1, 0.15) is 21.7 Å². The molecule has 22 heavy (non-hydrogen) atoms. The molecular weight excluding hydrogens is 312 g/mol. The van der Waals surface area contributed by atoms with Crippen molar-refractivity contribution in [2.75, 3.05) is 19.3 Å². The fourth-order valence-electron chi connectivity index (χ4n) is 2.74. The summed E-state index contributed by atoms with van der Waals surface area (Å²) in [5.41, 5.74) is 1.33. The van der Waals surface area contributed by atoms with E-state index in [0.717, 1.165) is 30.9 Å². The van der Waals surface area contributed by atoms with E-state index in [4.69, 9.17) is 0 Å². The summed E-state index contributed by atoms with van der Waals surface area (Å²) in [5.74, 6) is 0.0665. The first-order chi connectivity index (χ1) is 10.7. The van der Waals surface area contributed by atoms with Gasteiger partial charge in [-0.1, -0.05) is 30.3 Å². The molecule has 1 amide bonds. The molecule has 1 aliphatic rings. The largest absolute Gasteiger partial charge is 0.347 e. The molecule has 2 aromatic rings. The van der Waals surface area contributed by atoms with E-state index in [1.807, 2.05) is 24.5 Å². The molecule has 0 saturated carbocycles. The summed E-state index contributed by atoms with van der Waals surface area (Å²) in [6.07, 6.45) is 3.06. The quantitative estimate of drug-likeness (QED) is 0.851. The van der Waals surface area contributed by atoms with Gasteiger partial charge in [-0.25, -0.2) is 0 Å². The number of carbonyl (C=O) groups excluding carboxylic acids is 1. The zero-order valence-electron chi connectivity index (χ0n) is 12.6. The maximum Gasteiger partial charge on any atom is 0.261 e. The molecular formula is C17H20N2OS2. The maximum atomic E-state index is 12.3. The minimum atomic E-state index is 0.0665. The SMILES string of the molecule is CSc1ccc(C(=O)NC2CCN(Cc3ccccc3)C2)s1. The van der Waals surface area contributed by atoms with E-state index in [2.05, 4.69) is 34.5 Å². The predicted octanol–water partition coefficient (Wildman–Crippen LogP) is 3.47. The minimum absolute atomic E-state index is 0.0665. The second-order valence-electron chi connectivity index (χ2n) is 5.50. The lowest BCUT2D eigenvalue weighted by Crippen LogP contribution is -2.36. The molecule has 1 aromatic carbocycles. The molecule has 1 unspecified atom stereocenters. The average Bonchev–Trinajstić information content (AvgIpc) is 3.17. The smallest absolute Gasteiger partial charge is 0.261 e. The van der Waals surface area contributed by atoms with Crippen molar-refractivity contribution < 1.29 is 4.79 Å². The summed E-state index contributed by atoms with van der Waals surface area (Å²) in [7, 11) is 0. The van der Waals surface area contributed by atoms with Crippen molar-refractivity contribution in [1.29, 1.82) is 0 Å². The van der Waals surface area contributed by atoms with E-state index in [0.29, 0.717) is 0 Å². The van der Waals surface area contributed by atoms with Gasteiger partial charge in [0.25, 0.3) is 5.91 Å². The van der Waals surface area contributed by atoms with Crippen molar-refractivity contribution in [3.8, 4) is 0 Å². The first kappa shape index (κ1) is 15.6. The van der Waals surface area contributed by atoms with Crippen LogP contribution in [0.4, 0.5) is 0 Å². The van der Waals surface area contributed by atoms with E-state index in [9.17, 15) is 4.79 Å². The van der Waals surface area contributed by atoms with Crippen LogP contribution in [0.15, 0.2) is 46.7 Å². The van der Waals surface area contributed by atoms with E-state index >= 15 is 0 Å². The fourth-order valence-corrected chi connectivity index (χ4v) is 4.19. The molecule has 2 heterocycles. The zero-order chi connectivity index (χ0) is 15.4. The van der Waals surface area contributed by atoms with Crippen LogP contribution >= 0.6 is 23.1 Å². The number of carbonyl (C=O) groups is 1. The molecule has 1 atom stereocenters. The predicted molar refractivity (Wildman–Crippen MR) is 93.7 cm³/mol. The second kappa shape index (κ2) is 7.31. The van der Waals surface area contributed by atoms with Gasteiger partial charge in [0.05, 0.1) is 9.09 Å². The van der Waals surface area contributed by atoms with Crippen molar-refractivity contribution in [3.05, 3.63) is 52.9 Å². The lowest BCUT2D eigenvalue weighted by atomic mass is 10.2. The normalized spacial score (nSPS) is 18.5. The lowest BCUT2D eigenvalue weighted by Gasteiger charge is -2.16. The van der Waals surface area contributed by atoms with Crippen molar-refractivity contribution in [2.45, 2.75) is 23.2 Å². The van der Waals surface area contributed by atoms with Gasteiger partial charge >= 0.3 is 0 Å². The fraction of sp³-hybridized carbons (Fsp3) is 0.353. The monoisotopic (exact) mass is 332 g/mol. The standard InChI is InChI=1S/C17H20N2OS2/c1-21-16-8-7-15(22-16)17(20)18-14-9-10-19(12-14)11-13-5-3-2-4-6-13/h2-8,14H,9-12H2,1H3,(H,18,20). The molecule has 1 aliphatic heterocycles. The molecule has 3 nitrogen and oxygen atoms in total. The molecule has 0 bridgehead atoms. The van der Waals surface area contributed by atoms with Crippen LogP contribution in [0.5, 0.6) is 0 Å². The molecule has 0 aliphatic carbocycles. The summed E-state index contributed by atoms with van der Waals surface area (Å²) in [5, 5.41) is 3.17. The highest BCUT2D eigenvalue weighted by molar-refractivity contribution is 8.00. The third-order valence-corrected chi connectivity index (χ3v) is 6.03. The molecule has 0 radical (unpaired) electrons. The van der Waals surface area contributed by atoms with Crippen LogP contribution in [-0.2, 0) is 6.54 Å². The second-order valence-corrected chi connectivity index (χ2v) is 7.69. The Balaban J connectivity index is 1.51. The number of amides is 1. The summed E-state index contributed by atoms with van der Waals surface area (Å²) in [6.45, 7) is 2.94. The van der Waals surface area contributed by atoms with Crippen molar-refractivity contribution in [2.24, 2.45) is 0 Å². The van der Waals surface area contributed by atoms with E-state index in [1.165, 1.54) is 9.77 Å². The van der Waals surface area contributed by atoms with Gasteiger partial charge in [0.1, 0.15) is 0 Å². The number of thioether (sulfide) groups is 1. The highest BCUT2D eigenvalue weighted by Gasteiger charge is 2.24. The van der Waals surface area contributed by atoms with E-state index in [1.54, 1.807) is 23.1 Å². The number of hydrogen-bond acceptors (Lipinski definition) is 4. The zero-order valence-corrected chi connectivity index (χ0v) is 14.3. The molecule has 1 aromatic heterocycles. The average molecular weight is 332 g/mol. The molecule has 1 N–H and O–H groups in total. The number of benzene rings is 1. The van der Waals surface area contributed by atoms with Crippen molar-refractivity contribution in [3.63, 3.8) is 0 Å². The molecule has 1 fully saturated rings. The van der Waals surface area contributed by atoms with Gasteiger partial charge < -0.3 is 5.32 Å². The van der Waals surface area contributed by atoms with Crippen LogP contribution in [-0.4, -0.2) is 36.2 Å². The summed E-state index contributed by atoms with van der Waals surface area (Å²) < 4.78 is 1.18. The molecule has 116 valence electrons. The Morgan fingerprint density at radius 2 is 2.14 bits per heavy atom. The molecule has 3 rings (SSSR count). The van der Waals surface area contributed by atoms with Crippen LogP contribution in [0, 0.1) is 0 Å². The maximum absolute atomic E-state index is 12.3. The topological polar surface area (TPSA) is 32.3 Å². The highest BCUT2D eigenvalue weighted by Crippen LogP contribution is 2.25. The Bertz CT molecular complexity index is 627. The number of likely N-dealkylation sites (tertiary alicyclic amines) is 1. The van der Waals surface area contributed by atoms with E-state index in [-0.39, 0.29) is 11.9 Å². The Kier molecular flexibility index (Phi) is 5.18. The highest BCUT2D eigenvalue weighted by atomic mass is 32.2. The molecule has 5 heteroatoms. The number of nitrogens with zero attached hydrogens (tertiary/aromatic N) is 1. The van der Waals surface area contributed by atoms with Crippen LogP contribution in [0.25, 0.3) is 0 Å².